The Morgan fingerprint density at radius 1 is 1.47 bits per heavy atom. The Hall–Kier alpha value is -0.710. The highest BCUT2D eigenvalue weighted by atomic mass is 16.6. The molecule has 0 radical (unpaired) electrons. The lowest BCUT2D eigenvalue weighted by Crippen LogP contribution is -2.47. The molecule has 0 aromatic heterocycles. The Kier molecular flexibility index (Phi) is 3.05. The van der Waals surface area contributed by atoms with Gasteiger partial charge in [0.25, 0.3) is 0 Å². The zero-order valence-corrected chi connectivity index (χ0v) is 9.52. The van der Waals surface area contributed by atoms with E-state index in [1.165, 1.54) is 6.92 Å². The Morgan fingerprint density at radius 2 is 2.00 bits per heavy atom. The summed E-state index contributed by atoms with van der Waals surface area (Å²) in [5.74, 6) is 0. The van der Waals surface area contributed by atoms with Gasteiger partial charge in [-0.1, -0.05) is 0 Å². The van der Waals surface area contributed by atoms with Gasteiger partial charge < -0.3 is 14.9 Å². The van der Waals surface area contributed by atoms with Gasteiger partial charge in [-0.25, -0.2) is 0 Å². The fourth-order valence-corrected chi connectivity index (χ4v) is 1.97. The second-order valence-corrected chi connectivity index (χ2v) is 4.58. The topological polar surface area (TPSA) is 66.8 Å². The number of hydrogen-bond acceptors (Lipinski definition) is 4. The van der Waals surface area contributed by atoms with Crippen LogP contribution in [0.2, 0.25) is 0 Å². The molecule has 86 valence electrons. The van der Waals surface area contributed by atoms with Crippen LogP contribution in [0, 0.1) is 0 Å². The van der Waals surface area contributed by atoms with Crippen LogP contribution in [0.4, 0.5) is 0 Å². The normalized spacial score (nSPS) is 46.9. The summed E-state index contributed by atoms with van der Waals surface area (Å²) in [6, 6.07) is 0. The summed E-state index contributed by atoms with van der Waals surface area (Å²) in [5, 5.41) is 19.9. The monoisotopic (exact) mass is 214 g/mol. The van der Waals surface area contributed by atoms with Crippen molar-refractivity contribution in [1.82, 2.24) is 0 Å². The fraction of sp³-hybridized carbons (Fsp3) is 0.727. The molecule has 1 saturated heterocycles. The molecule has 0 bridgehead atoms. The third-order valence-electron chi connectivity index (χ3n) is 3.05. The smallest absolute Gasteiger partial charge is 0.145 e. The molecule has 1 heterocycles. The lowest BCUT2D eigenvalue weighted by molar-refractivity contribution is -0.105. The molecule has 0 aromatic rings. The highest BCUT2D eigenvalue weighted by Crippen LogP contribution is 2.39. The van der Waals surface area contributed by atoms with Crippen molar-refractivity contribution in [2.24, 2.45) is 0 Å². The number of allylic oxidation sites excluding steroid dienone is 1. The molecule has 0 aromatic carbocycles. The maximum atomic E-state index is 10.5. The first kappa shape index (κ1) is 12.4. The first-order chi connectivity index (χ1) is 6.74. The summed E-state index contributed by atoms with van der Waals surface area (Å²) in [7, 11) is 0. The quantitative estimate of drug-likeness (QED) is 0.516. The zero-order valence-electron chi connectivity index (χ0n) is 9.52. The molecule has 4 atom stereocenters. The molecular formula is C11H18O4. The van der Waals surface area contributed by atoms with E-state index in [4.69, 9.17) is 4.74 Å². The second kappa shape index (κ2) is 3.70. The molecule has 0 spiro atoms. The summed E-state index contributed by atoms with van der Waals surface area (Å²) < 4.78 is 5.51. The summed E-state index contributed by atoms with van der Waals surface area (Å²) >= 11 is 0. The molecule has 4 nitrogen and oxygen atoms in total. The standard InChI is InChI=1S/C11H18O4/c1-7(6-12)5-10(3)9(13)11(4,14)8(2)15-10/h5-6,8-9,13-14H,1-4H3/b7-5+/t8-,9+,10+,11+/m0/s1. The van der Waals surface area contributed by atoms with Crippen LogP contribution in [0.1, 0.15) is 27.7 Å². The molecular weight excluding hydrogens is 196 g/mol. The van der Waals surface area contributed by atoms with Crippen molar-refractivity contribution in [1.29, 1.82) is 0 Å². The first-order valence-electron chi connectivity index (χ1n) is 4.97. The van der Waals surface area contributed by atoms with Crippen LogP contribution in [-0.2, 0) is 9.53 Å². The van der Waals surface area contributed by atoms with Crippen LogP contribution >= 0.6 is 0 Å². The predicted molar refractivity (Wildman–Crippen MR) is 55.4 cm³/mol. The van der Waals surface area contributed by atoms with Gasteiger partial charge in [0.15, 0.2) is 0 Å². The van der Waals surface area contributed by atoms with Crippen molar-refractivity contribution in [2.75, 3.05) is 0 Å². The molecule has 1 aliphatic heterocycles. The lowest BCUT2D eigenvalue weighted by atomic mass is 9.86. The van der Waals surface area contributed by atoms with Gasteiger partial charge in [-0.2, -0.15) is 0 Å². The first-order valence-corrected chi connectivity index (χ1v) is 4.97. The third kappa shape index (κ3) is 1.97. The molecule has 1 fully saturated rings. The van der Waals surface area contributed by atoms with Crippen molar-refractivity contribution >= 4 is 6.29 Å². The minimum atomic E-state index is -1.30. The predicted octanol–water partition coefficient (Wildman–Crippen LogP) is 0.421. The van der Waals surface area contributed by atoms with Crippen molar-refractivity contribution in [2.45, 2.75) is 51.1 Å². The lowest BCUT2D eigenvalue weighted by Gasteiger charge is -2.28. The van der Waals surface area contributed by atoms with E-state index in [-0.39, 0.29) is 0 Å². The van der Waals surface area contributed by atoms with Gasteiger partial charge in [-0.05, 0) is 39.3 Å². The van der Waals surface area contributed by atoms with Gasteiger partial charge >= 0.3 is 0 Å². The number of aliphatic hydroxyl groups is 2. The second-order valence-electron chi connectivity index (χ2n) is 4.58. The average Bonchev–Trinajstić information content (AvgIpc) is 2.28. The zero-order chi connectivity index (χ0) is 11.9. The molecule has 4 heteroatoms. The summed E-state index contributed by atoms with van der Waals surface area (Å²) in [5.41, 5.74) is -1.83. The van der Waals surface area contributed by atoms with Crippen LogP contribution in [0.3, 0.4) is 0 Å². The Morgan fingerprint density at radius 3 is 2.33 bits per heavy atom. The number of rotatable bonds is 2. The van der Waals surface area contributed by atoms with E-state index in [1.54, 1.807) is 26.8 Å². The number of carbonyl (C=O) groups is 1. The molecule has 1 aliphatic rings. The molecule has 0 aliphatic carbocycles. The number of aliphatic hydroxyl groups excluding tert-OH is 1. The van der Waals surface area contributed by atoms with Gasteiger partial charge in [0.05, 0.1) is 6.10 Å². The number of carbonyl (C=O) groups excluding carboxylic acids is 1. The molecule has 0 saturated carbocycles. The number of hydrogen-bond donors (Lipinski definition) is 2. The number of aldehydes is 1. The molecule has 0 unspecified atom stereocenters. The van der Waals surface area contributed by atoms with E-state index in [1.807, 2.05) is 0 Å². The van der Waals surface area contributed by atoms with Gasteiger partial charge in [-0.3, -0.25) is 4.79 Å². The van der Waals surface area contributed by atoms with E-state index in [0.29, 0.717) is 11.9 Å². The molecule has 0 amide bonds. The van der Waals surface area contributed by atoms with Crippen LogP contribution in [0.15, 0.2) is 11.6 Å². The minimum absolute atomic E-state index is 0.474. The van der Waals surface area contributed by atoms with E-state index in [0.717, 1.165) is 0 Å². The van der Waals surface area contributed by atoms with E-state index >= 15 is 0 Å². The summed E-state index contributed by atoms with van der Waals surface area (Å²) in [6.07, 6.45) is 0.713. The molecule has 2 N–H and O–H groups in total. The fourth-order valence-electron chi connectivity index (χ4n) is 1.97. The van der Waals surface area contributed by atoms with Crippen molar-refractivity contribution < 1.29 is 19.7 Å². The average molecular weight is 214 g/mol. The summed E-state index contributed by atoms with van der Waals surface area (Å²) in [4.78, 5) is 10.5. The highest BCUT2D eigenvalue weighted by molar-refractivity contribution is 5.72. The maximum absolute atomic E-state index is 10.5. The van der Waals surface area contributed by atoms with E-state index < -0.39 is 23.4 Å². The van der Waals surface area contributed by atoms with Crippen molar-refractivity contribution in [3.63, 3.8) is 0 Å². The van der Waals surface area contributed by atoms with Gasteiger partial charge in [0.2, 0.25) is 0 Å². The van der Waals surface area contributed by atoms with Gasteiger partial charge in [0.1, 0.15) is 23.6 Å². The SMILES string of the molecule is C/C(C=O)=C\[C@@]1(C)O[C@@H](C)[C@@](C)(O)[C@@H]1O. The Labute approximate surface area is 89.6 Å². The van der Waals surface area contributed by atoms with Crippen molar-refractivity contribution in [3.8, 4) is 0 Å². The maximum Gasteiger partial charge on any atom is 0.145 e. The summed E-state index contributed by atoms with van der Waals surface area (Å²) in [6.45, 7) is 6.50. The minimum Gasteiger partial charge on any atom is -0.387 e. The Bertz CT molecular complexity index is 295. The van der Waals surface area contributed by atoms with Crippen molar-refractivity contribution in [3.05, 3.63) is 11.6 Å². The van der Waals surface area contributed by atoms with Crippen LogP contribution in [0.25, 0.3) is 0 Å². The Balaban J connectivity index is 3.03. The van der Waals surface area contributed by atoms with Gasteiger partial charge in [0, 0.05) is 0 Å². The van der Waals surface area contributed by atoms with Crippen LogP contribution < -0.4 is 0 Å². The highest BCUT2D eigenvalue weighted by Gasteiger charge is 2.55. The molecule has 1 rings (SSSR count). The van der Waals surface area contributed by atoms with E-state index in [9.17, 15) is 15.0 Å². The van der Waals surface area contributed by atoms with Gasteiger partial charge in [-0.15, -0.1) is 0 Å². The largest absolute Gasteiger partial charge is 0.387 e. The third-order valence-corrected chi connectivity index (χ3v) is 3.05. The number of ether oxygens (including phenoxy) is 1. The van der Waals surface area contributed by atoms with Crippen LogP contribution in [-0.4, -0.2) is 39.9 Å². The van der Waals surface area contributed by atoms with E-state index in [2.05, 4.69) is 0 Å². The van der Waals surface area contributed by atoms with Crippen LogP contribution in [0.5, 0.6) is 0 Å². The molecule has 15 heavy (non-hydrogen) atoms.